The van der Waals surface area contributed by atoms with E-state index in [1.54, 1.807) is 14.2 Å². The van der Waals surface area contributed by atoms with Gasteiger partial charge < -0.3 is 23.8 Å². The molecule has 0 saturated carbocycles. The molecule has 21 heavy (non-hydrogen) atoms. The number of hydrogen-bond donors (Lipinski definition) is 0. The van der Waals surface area contributed by atoms with E-state index in [4.69, 9.17) is 18.9 Å². The summed E-state index contributed by atoms with van der Waals surface area (Å²) >= 11 is 0. The van der Waals surface area contributed by atoms with Crippen molar-refractivity contribution in [2.45, 2.75) is 13.3 Å². The van der Waals surface area contributed by atoms with E-state index in [-0.39, 0.29) is 24.8 Å². The van der Waals surface area contributed by atoms with Crippen molar-refractivity contribution in [2.75, 3.05) is 67.0 Å². The lowest BCUT2D eigenvalue weighted by Gasteiger charge is -2.21. The number of carbonyl (C=O) groups excluding carboxylic acids is 2. The summed E-state index contributed by atoms with van der Waals surface area (Å²) in [6.07, 6.45) is 0.667. The molecule has 0 aromatic heterocycles. The molecule has 7 nitrogen and oxygen atoms in total. The van der Waals surface area contributed by atoms with Gasteiger partial charge in [0.15, 0.2) is 0 Å². The van der Waals surface area contributed by atoms with Crippen LogP contribution in [-0.4, -0.2) is 83.5 Å². The minimum absolute atomic E-state index is 0.0405. The molecule has 0 bridgehead atoms. The van der Waals surface area contributed by atoms with Crippen molar-refractivity contribution in [3.63, 3.8) is 0 Å². The molecule has 124 valence electrons. The number of nitrogens with zero attached hydrogens (tertiary/aromatic N) is 1. The minimum atomic E-state index is -0.196. The fourth-order valence-corrected chi connectivity index (χ4v) is 1.56. The predicted molar refractivity (Wildman–Crippen MR) is 77.3 cm³/mol. The summed E-state index contributed by atoms with van der Waals surface area (Å²) in [7, 11) is 3.18. The summed E-state index contributed by atoms with van der Waals surface area (Å²) in [4.78, 5) is 24.7. The number of ether oxygens (including phenoxy) is 4. The molecular weight excluding hydrogens is 278 g/mol. The highest BCUT2D eigenvalue weighted by Gasteiger charge is 2.15. The van der Waals surface area contributed by atoms with Gasteiger partial charge in [0.2, 0.25) is 5.91 Å². The molecule has 0 atom stereocenters. The average molecular weight is 305 g/mol. The van der Waals surface area contributed by atoms with Crippen LogP contribution in [-0.2, 0) is 28.5 Å². The maximum absolute atomic E-state index is 12.0. The Hall–Kier alpha value is -1.02. The zero-order valence-electron chi connectivity index (χ0n) is 13.3. The van der Waals surface area contributed by atoms with Crippen molar-refractivity contribution in [3.8, 4) is 0 Å². The van der Waals surface area contributed by atoms with Crippen molar-refractivity contribution < 1.29 is 28.5 Å². The lowest BCUT2D eigenvalue weighted by atomic mass is 10.3. The van der Waals surface area contributed by atoms with Gasteiger partial charge in [0.25, 0.3) is 0 Å². The van der Waals surface area contributed by atoms with Crippen LogP contribution in [0.4, 0.5) is 0 Å². The molecule has 0 aliphatic rings. The van der Waals surface area contributed by atoms with Crippen molar-refractivity contribution in [3.05, 3.63) is 0 Å². The van der Waals surface area contributed by atoms with Gasteiger partial charge in [-0.1, -0.05) is 0 Å². The van der Waals surface area contributed by atoms with Gasteiger partial charge in [-0.3, -0.25) is 9.59 Å². The second kappa shape index (κ2) is 13.9. The van der Waals surface area contributed by atoms with Crippen LogP contribution in [0.5, 0.6) is 0 Å². The van der Waals surface area contributed by atoms with E-state index in [2.05, 4.69) is 0 Å². The molecule has 0 heterocycles. The Labute approximate surface area is 126 Å². The highest BCUT2D eigenvalue weighted by molar-refractivity contribution is 5.85. The fourth-order valence-electron chi connectivity index (χ4n) is 1.56. The van der Waals surface area contributed by atoms with Gasteiger partial charge in [-0.05, 0) is 13.3 Å². The molecular formula is C14H27NO6. The summed E-state index contributed by atoms with van der Waals surface area (Å²) in [6.45, 7) is 4.38. The number of hydrogen-bond acceptors (Lipinski definition) is 6. The summed E-state index contributed by atoms with van der Waals surface area (Å²) in [5.41, 5.74) is 0. The lowest BCUT2D eigenvalue weighted by molar-refractivity contribution is -0.139. The van der Waals surface area contributed by atoms with E-state index in [1.165, 1.54) is 11.8 Å². The summed E-state index contributed by atoms with van der Waals surface area (Å²) in [6, 6.07) is 0. The molecule has 7 heteroatoms. The largest absolute Gasteiger partial charge is 0.382 e. The van der Waals surface area contributed by atoms with E-state index >= 15 is 0 Å². The summed E-state index contributed by atoms with van der Waals surface area (Å²) < 4.78 is 20.2. The quantitative estimate of drug-likeness (QED) is 0.424. The van der Waals surface area contributed by atoms with Crippen molar-refractivity contribution >= 4 is 11.7 Å². The molecule has 0 spiro atoms. The minimum Gasteiger partial charge on any atom is -0.382 e. The first-order chi connectivity index (χ1) is 10.1. The molecule has 0 rings (SSSR count). The molecule has 0 aromatic carbocycles. The van der Waals surface area contributed by atoms with E-state index in [1.807, 2.05) is 0 Å². The number of amides is 1. The molecule has 0 radical (unpaired) electrons. The molecule has 0 N–H and O–H groups in total. The number of carbonyl (C=O) groups is 2. The normalized spacial score (nSPS) is 10.6. The second-order valence-corrected chi connectivity index (χ2v) is 4.52. The molecule has 0 fully saturated rings. The Morgan fingerprint density at radius 1 is 0.905 bits per heavy atom. The van der Waals surface area contributed by atoms with Crippen molar-refractivity contribution in [1.82, 2.24) is 4.90 Å². The Bertz CT molecular complexity index is 285. The van der Waals surface area contributed by atoms with Crippen LogP contribution in [0.25, 0.3) is 0 Å². The van der Waals surface area contributed by atoms with Crippen LogP contribution in [0.2, 0.25) is 0 Å². The predicted octanol–water partition coefficient (Wildman–Crippen LogP) is 0.120. The molecule has 0 aliphatic carbocycles. The summed E-state index contributed by atoms with van der Waals surface area (Å²) in [5.74, 6) is -0.251. The van der Waals surface area contributed by atoms with Crippen LogP contribution in [0.3, 0.4) is 0 Å². The SMILES string of the molecule is COCCOCCCN(CC(C)=O)C(=O)COCCOC. The lowest BCUT2D eigenvalue weighted by Crippen LogP contribution is -2.38. The van der Waals surface area contributed by atoms with Crippen LogP contribution in [0, 0.1) is 0 Å². The van der Waals surface area contributed by atoms with Crippen LogP contribution in [0.15, 0.2) is 0 Å². The molecule has 0 aromatic rings. The van der Waals surface area contributed by atoms with E-state index in [0.717, 1.165) is 0 Å². The maximum Gasteiger partial charge on any atom is 0.248 e. The van der Waals surface area contributed by atoms with Crippen molar-refractivity contribution in [1.29, 1.82) is 0 Å². The van der Waals surface area contributed by atoms with Crippen molar-refractivity contribution in [2.24, 2.45) is 0 Å². The molecule has 0 saturated heterocycles. The van der Waals surface area contributed by atoms with Gasteiger partial charge in [0.1, 0.15) is 12.4 Å². The highest BCUT2D eigenvalue weighted by Crippen LogP contribution is 1.96. The van der Waals surface area contributed by atoms with Gasteiger partial charge in [-0.25, -0.2) is 0 Å². The third-order valence-corrected chi connectivity index (χ3v) is 2.57. The topological polar surface area (TPSA) is 74.3 Å². The van der Waals surface area contributed by atoms with E-state index in [0.29, 0.717) is 46.0 Å². The molecule has 1 amide bonds. The third kappa shape index (κ3) is 12.4. The standard InChI is InChI=1S/C14H27NO6/c1-13(16)11-15(5-4-6-20-9-7-18-2)14(17)12-21-10-8-19-3/h4-12H2,1-3H3. The monoisotopic (exact) mass is 305 g/mol. The highest BCUT2D eigenvalue weighted by atomic mass is 16.5. The number of ketones is 1. The number of rotatable bonds is 14. The van der Waals surface area contributed by atoms with Crippen LogP contribution >= 0.6 is 0 Å². The van der Waals surface area contributed by atoms with Crippen LogP contribution < -0.4 is 0 Å². The zero-order valence-corrected chi connectivity index (χ0v) is 13.3. The first-order valence-electron chi connectivity index (χ1n) is 7.02. The van der Waals surface area contributed by atoms with Gasteiger partial charge in [-0.2, -0.15) is 0 Å². The number of methoxy groups -OCH3 is 2. The fraction of sp³-hybridized carbons (Fsp3) is 0.857. The Morgan fingerprint density at radius 3 is 2.10 bits per heavy atom. The first-order valence-corrected chi connectivity index (χ1v) is 7.02. The first kappa shape index (κ1) is 20.0. The zero-order chi connectivity index (χ0) is 15.9. The maximum atomic E-state index is 12.0. The Kier molecular flexibility index (Phi) is 13.3. The van der Waals surface area contributed by atoms with E-state index in [9.17, 15) is 9.59 Å². The van der Waals surface area contributed by atoms with E-state index < -0.39 is 0 Å². The van der Waals surface area contributed by atoms with Crippen LogP contribution in [0.1, 0.15) is 13.3 Å². The van der Waals surface area contributed by atoms with Gasteiger partial charge in [0.05, 0.1) is 33.0 Å². The third-order valence-electron chi connectivity index (χ3n) is 2.57. The average Bonchev–Trinajstić information content (AvgIpc) is 2.45. The Balaban J connectivity index is 3.95. The molecule has 0 unspecified atom stereocenters. The Morgan fingerprint density at radius 2 is 1.52 bits per heavy atom. The summed E-state index contributed by atoms with van der Waals surface area (Å²) in [5, 5.41) is 0. The number of Topliss-reactive ketones (excluding diaryl/α,β-unsaturated/α-hetero) is 1. The van der Waals surface area contributed by atoms with Gasteiger partial charge in [0, 0.05) is 27.4 Å². The van der Waals surface area contributed by atoms with Gasteiger partial charge >= 0.3 is 0 Å². The molecule has 0 aliphatic heterocycles. The smallest absolute Gasteiger partial charge is 0.248 e. The second-order valence-electron chi connectivity index (χ2n) is 4.52. The van der Waals surface area contributed by atoms with Gasteiger partial charge in [-0.15, -0.1) is 0 Å².